The Morgan fingerprint density at radius 1 is 1.10 bits per heavy atom. The highest BCUT2D eigenvalue weighted by Gasteiger charge is 2.09. The average Bonchev–Trinajstić information content (AvgIpc) is 2.38. The van der Waals surface area contributed by atoms with Crippen LogP contribution in [0.25, 0.3) is 11.4 Å². The van der Waals surface area contributed by atoms with Crippen LogP contribution in [0, 0.1) is 5.92 Å². The average molecular weight is 290 g/mol. The monoisotopic (exact) mass is 289 g/mol. The van der Waals surface area contributed by atoms with E-state index in [1.807, 2.05) is 30.3 Å². The van der Waals surface area contributed by atoms with E-state index < -0.39 is 0 Å². The summed E-state index contributed by atoms with van der Waals surface area (Å²) in [6.45, 7) is 6.57. The quantitative estimate of drug-likeness (QED) is 0.815. The number of rotatable bonds is 5. The first-order valence-corrected chi connectivity index (χ1v) is 7.29. The predicted molar refractivity (Wildman–Crippen MR) is 85.0 cm³/mol. The molecule has 1 aromatic heterocycles. The standard InChI is InChI=1S/C16H20ClN3/c1-11(2)9-12(3)18-15-10-14(17)19-16(20-15)13-7-5-4-6-8-13/h4-8,10-12H,9H2,1-3H3,(H,18,19,20). The van der Waals surface area contributed by atoms with Gasteiger partial charge in [0.2, 0.25) is 0 Å². The third kappa shape index (κ3) is 4.20. The smallest absolute Gasteiger partial charge is 0.163 e. The van der Waals surface area contributed by atoms with Gasteiger partial charge in [0.05, 0.1) is 0 Å². The first-order valence-electron chi connectivity index (χ1n) is 6.91. The Hall–Kier alpha value is -1.61. The van der Waals surface area contributed by atoms with Crippen molar-refractivity contribution in [3.8, 4) is 11.4 Å². The lowest BCUT2D eigenvalue weighted by atomic mass is 10.1. The Morgan fingerprint density at radius 2 is 1.80 bits per heavy atom. The van der Waals surface area contributed by atoms with Crippen molar-refractivity contribution >= 4 is 17.4 Å². The summed E-state index contributed by atoms with van der Waals surface area (Å²) in [5.74, 6) is 2.07. The van der Waals surface area contributed by atoms with Crippen molar-refractivity contribution in [1.29, 1.82) is 0 Å². The normalized spacial score (nSPS) is 12.4. The van der Waals surface area contributed by atoms with Crippen LogP contribution in [0.15, 0.2) is 36.4 Å². The van der Waals surface area contributed by atoms with Gasteiger partial charge in [0.25, 0.3) is 0 Å². The van der Waals surface area contributed by atoms with Crippen LogP contribution in [0.2, 0.25) is 5.15 Å². The van der Waals surface area contributed by atoms with Crippen molar-refractivity contribution in [3.05, 3.63) is 41.6 Å². The minimum absolute atomic E-state index is 0.351. The number of hydrogen-bond acceptors (Lipinski definition) is 3. The first-order chi connectivity index (χ1) is 9.54. The Labute approximate surface area is 125 Å². The minimum Gasteiger partial charge on any atom is -0.367 e. The van der Waals surface area contributed by atoms with Gasteiger partial charge in [-0.15, -0.1) is 0 Å². The zero-order chi connectivity index (χ0) is 14.5. The molecular weight excluding hydrogens is 270 g/mol. The van der Waals surface area contributed by atoms with Crippen molar-refractivity contribution < 1.29 is 0 Å². The van der Waals surface area contributed by atoms with E-state index in [4.69, 9.17) is 11.6 Å². The number of nitrogens with one attached hydrogen (secondary N) is 1. The lowest BCUT2D eigenvalue weighted by Gasteiger charge is -2.17. The highest BCUT2D eigenvalue weighted by molar-refractivity contribution is 6.29. The second kappa shape index (κ2) is 6.71. The van der Waals surface area contributed by atoms with Crippen LogP contribution in [-0.2, 0) is 0 Å². The van der Waals surface area contributed by atoms with Gasteiger partial charge in [-0.05, 0) is 19.3 Å². The molecule has 1 heterocycles. The largest absolute Gasteiger partial charge is 0.367 e. The van der Waals surface area contributed by atoms with Crippen molar-refractivity contribution in [2.75, 3.05) is 5.32 Å². The second-order valence-electron chi connectivity index (χ2n) is 5.44. The van der Waals surface area contributed by atoms with E-state index >= 15 is 0 Å². The molecule has 1 atom stereocenters. The van der Waals surface area contributed by atoms with Gasteiger partial charge in [0.15, 0.2) is 5.82 Å². The van der Waals surface area contributed by atoms with Gasteiger partial charge >= 0.3 is 0 Å². The molecule has 3 nitrogen and oxygen atoms in total. The van der Waals surface area contributed by atoms with E-state index in [0.29, 0.717) is 22.9 Å². The molecule has 0 amide bonds. The van der Waals surface area contributed by atoms with Crippen LogP contribution in [0.3, 0.4) is 0 Å². The molecule has 0 bridgehead atoms. The van der Waals surface area contributed by atoms with Crippen molar-refractivity contribution in [2.45, 2.75) is 33.2 Å². The van der Waals surface area contributed by atoms with E-state index in [1.165, 1.54) is 0 Å². The van der Waals surface area contributed by atoms with Crippen LogP contribution in [0.1, 0.15) is 27.2 Å². The van der Waals surface area contributed by atoms with E-state index in [2.05, 4.69) is 36.1 Å². The molecule has 0 spiro atoms. The molecule has 0 saturated heterocycles. The SMILES string of the molecule is CC(C)CC(C)Nc1cc(Cl)nc(-c2ccccc2)n1. The molecule has 2 aromatic rings. The van der Waals surface area contributed by atoms with E-state index in [9.17, 15) is 0 Å². The van der Waals surface area contributed by atoms with Gasteiger partial charge in [0, 0.05) is 17.7 Å². The fourth-order valence-corrected chi connectivity index (χ4v) is 2.41. The molecule has 106 valence electrons. The van der Waals surface area contributed by atoms with Crippen LogP contribution in [0.4, 0.5) is 5.82 Å². The van der Waals surface area contributed by atoms with Crippen molar-refractivity contribution in [3.63, 3.8) is 0 Å². The molecule has 0 saturated carbocycles. The third-order valence-electron chi connectivity index (χ3n) is 2.95. The number of nitrogens with zero attached hydrogens (tertiary/aromatic N) is 2. The van der Waals surface area contributed by atoms with E-state index in [1.54, 1.807) is 6.07 Å². The number of anilines is 1. The molecule has 0 radical (unpaired) electrons. The number of hydrogen-bond donors (Lipinski definition) is 1. The summed E-state index contributed by atoms with van der Waals surface area (Å²) in [7, 11) is 0. The third-order valence-corrected chi connectivity index (χ3v) is 3.14. The lowest BCUT2D eigenvalue weighted by Crippen LogP contribution is -2.18. The van der Waals surface area contributed by atoms with Gasteiger partial charge in [-0.25, -0.2) is 9.97 Å². The maximum Gasteiger partial charge on any atom is 0.163 e. The van der Waals surface area contributed by atoms with Crippen LogP contribution < -0.4 is 5.32 Å². The molecule has 1 N–H and O–H groups in total. The van der Waals surface area contributed by atoms with Gasteiger partial charge in [-0.3, -0.25) is 0 Å². The summed E-state index contributed by atoms with van der Waals surface area (Å²) in [4.78, 5) is 8.83. The lowest BCUT2D eigenvalue weighted by molar-refractivity contribution is 0.539. The molecule has 1 aromatic carbocycles. The summed E-state index contributed by atoms with van der Waals surface area (Å²) in [6, 6.07) is 12.0. The van der Waals surface area contributed by atoms with Crippen LogP contribution in [-0.4, -0.2) is 16.0 Å². The highest BCUT2D eigenvalue weighted by Crippen LogP contribution is 2.21. The summed E-state index contributed by atoms with van der Waals surface area (Å²) < 4.78 is 0. The molecule has 2 rings (SSSR count). The molecule has 0 aliphatic rings. The maximum atomic E-state index is 6.10. The van der Waals surface area contributed by atoms with Gasteiger partial charge < -0.3 is 5.32 Å². The van der Waals surface area contributed by atoms with Crippen molar-refractivity contribution in [2.24, 2.45) is 5.92 Å². The summed E-state index contributed by atoms with van der Waals surface area (Å²) in [6.07, 6.45) is 1.09. The minimum atomic E-state index is 0.351. The second-order valence-corrected chi connectivity index (χ2v) is 5.83. The van der Waals surface area contributed by atoms with E-state index in [-0.39, 0.29) is 0 Å². The Morgan fingerprint density at radius 3 is 2.45 bits per heavy atom. The fourth-order valence-electron chi connectivity index (χ4n) is 2.23. The highest BCUT2D eigenvalue weighted by atomic mass is 35.5. The number of halogens is 1. The number of benzene rings is 1. The summed E-state index contributed by atoms with van der Waals surface area (Å²) >= 11 is 6.10. The van der Waals surface area contributed by atoms with Crippen LogP contribution in [0.5, 0.6) is 0 Å². The molecule has 20 heavy (non-hydrogen) atoms. The first kappa shape index (κ1) is 14.8. The molecule has 0 aliphatic carbocycles. The summed E-state index contributed by atoms with van der Waals surface area (Å²) in [5.41, 5.74) is 0.967. The topological polar surface area (TPSA) is 37.8 Å². The van der Waals surface area contributed by atoms with E-state index in [0.717, 1.165) is 17.8 Å². The maximum absolute atomic E-state index is 6.10. The summed E-state index contributed by atoms with van der Waals surface area (Å²) in [5, 5.41) is 3.85. The zero-order valence-corrected chi connectivity index (χ0v) is 12.9. The van der Waals surface area contributed by atoms with Gasteiger partial charge in [0.1, 0.15) is 11.0 Å². The number of aromatic nitrogens is 2. The molecule has 0 fully saturated rings. The molecular formula is C16H20ClN3. The Bertz CT molecular complexity index is 555. The zero-order valence-electron chi connectivity index (χ0n) is 12.1. The Balaban J connectivity index is 2.21. The molecule has 4 heteroatoms. The fraction of sp³-hybridized carbons (Fsp3) is 0.375. The van der Waals surface area contributed by atoms with Crippen molar-refractivity contribution in [1.82, 2.24) is 9.97 Å². The predicted octanol–water partition coefficient (Wildman–Crippen LogP) is 4.64. The Kier molecular flexibility index (Phi) is 4.96. The van der Waals surface area contributed by atoms with Gasteiger partial charge in [-0.2, -0.15) is 0 Å². The molecule has 1 unspecified atom stereocenters. The van der Waals surface area contributed by atoms with Crippen LogP contribution >= 0.6 is 11.6 Å². The van der Waals surface area contributed by atoms with Gasteiger partial charge in [-0.1, -0.05) is 55.8 Å². The molecule has 0 aliphatic heterocycles.